The first-order valence-corrected chi connectivity index (χ1v) is 7.04. The zero-order valence-electron chi connectivity index (χ0n) is 12.1. The number of nitrogens with one attached hydrogen (secondary N) is 2. The lowest BCUT2D eigenvalue weighted by atomic mass is 10.1. The van der Waals surface area contributed by atoms with Gasteiger partial charge in [-0.15, -0.1) is 24.0 Å². The highest BCUT2D eigenvalue weighted by Crippen LogP contribution is 2.43. The molecule has 0 saturated heterocycles. The maximum Gasteiger partial charge on any atom is 0.191 e. The largest absolute Gasteiger partial charge is 0.353 e. The molecule has 21 heavy (non-hydrogen) atoms. The summed E-state index contributed by atoms with van der Waals surface area (Å²) < 4.78 is 27.4. The Morgan fingerprint density at radius 2 is 1.71 bits per heavy atom. The minimum Gasteiger partial charge on any atom is -0.353 e. The van der Waals surface area contributed by atoms with Crippen molar-refractivity contribution in [3.8, 4) is 0 Å². The normalized spacial score (nSPS) is 30.4. The van der Waals surface area contributed by atoms with Crippen molar-refractivity contribution in [1.82, 2.24) is 10.6 Å². The summed E-state index contributed by atoms with van der Waals surface area (Å²) in [7, 11) is 1.71. The molecular formula is C15H20F2IN3. The van der Waals surface area contributed by atoms with E-state index in [0.717, 1.165) is 18.8 Å². The highest BCUT2D eigenvalue weighted by Gasteiger charge is 2.43. The molecule has 116 valence electrons. The van der Waals surface area contributed by atoms with E-state index in [4.69, 9.17) is 0 Å². The number of benzene rings is 1. The predicted octanol–water partition coefficient (Wildman–Crippen LogP) is 3.01. The second-order valence-electron chi connectivity index (χ2n) is 5.76. The van der Waals surface area contributed by atoms with Crippen LogP contribution in [0.25, 0.3) is 0 Å². The molecule has 3 nitrogen and oxygen atoms in total. The predicted molar refractivity (Wildman–Crippen MR) is 90.1 cm³/mol. The number of hydrogen-bond acceptors (Lipinski definition) is 1. The number of aliphatic imine (C=N–C) groups is 1. The number of rotatable bonds is 3. The van der Waals surface area contributed by atoms with Crippen LogP contribution in [0.2, 0.25) is 0 Å². The molecule has 2 aliphatic carbocycles. The lowest BCUT2D eigenvalue weighted by Crippen LogP contribution is -2.40. The van der Waals surface area contributed by atoms with Gasteiger partial charge in [0.1, 0.15) is 11.6 Å². The van der Waals surface area contributed by atoms with Gasteiger partial charge in [0, 0.05) is 30.6 Å². The molecule has 2 saturated carbocycles. The lowest BCUT2D eigenvalue weighted by Gasteiger charge is -2.11. The highest BCUT2D eigenvalue weighted by atomic mass is 127. The molecule has 0 heterocycles. The zero-order chi connectivity index (χ0) is 14.3. The third-order valence-electron chi connectivity index (χ3n) is 4.14. The van der Waals surface area contributed by atoms with Crippen molar-refractivity contribution >= 4 is 29.9 Å². The first-order valence-electron chi connectivity index (χ1n) is 7.04. The first kappa shape index (κ1) is 16.5. The molecule has 3 rings (SSSR count). The number of guanidine groups is 1. The minimum absolute atomic E-state index is 0. The Balaban J connectivity index is 0.00000161. The highest BCUT2D eigenvalue weighted by molar-refractivity contribution is 14.0. The molecule has 2 N–H and O–H groups in total. The van der Waals surface area contributed by atoms with Gasteiger partial charge in [-0.3, -0.25) is 4.99 Å². The molecule has 0 amide bonds. The summed E-state index contributed by atoms with van der Waals surface area (Å²) in [5.74, 6) is 0.374. The smallest absolute Gasteiger partial charge is 0.191 e. The van der Waals surface area contributed by atoms with Crippen molar-refractivity contribution < 1.29 is 8.78 Å². The van der Waals surface area contributed by atoms with Gasteiger partial charge in [-0.1, -0.05) is 13.0 Å². The van der Waals surface area contributed by atoms with E-state index in [1.807, 2.05) is 0 Å². The summed E-state index contributed by atoms with van der Waals surface area (Å²) in [6.07, 6.45) is 1.88. The van der Waals surface area contributed by atoms with Gasteiger partial charge in [-0.2, -0.15) is 0 Å². The average Bonchev–Trinajstić information content (AvgIpc) is 3.29. The Hall–Kier alpha value is -0.920. The second-order valence-corrected chi connectivity index (χ2v) is 5.76. The van der Waals surface area contributed by atoms with Gasteiger partial charge in [-0.25, -0.2) is 8.78 Å². The Labute approximate surface area is 140 Å². The van der Waals surface area contributed by atoms with Crippen molar-refractivity contribution in [3.05, 3.63) is 35.4 Å². The van der Waals surface area contributed by atoms with Crippen molar-refractivity contribution in [1.29, 1.82) is 0 Å². The van der Waals surface area contributed by atoms with Gasteiger partial charge in [0.15, 0.2) is 5.96 Å². The van der Waals surface area contributed by atoms with Crippen LogP contribution >= 0.6 is 24.0 Å². The Bertz CT molecular complexity index is 529. The van der Waals surface area contributed by atoms with Gasteiger partial charge in [0.05, 0.1) is 0 Å². The van der Waals surface area contributed by atoms with Gasteiger partial charge in [0.2, 0.25) is 0 Å². The van der Waals surface area contributed by atoms with E-state index in [-0.39, 0.29) is 41.5 Å². The molecule has 1 aromatic rings. The van der Waals surface area contributed by atoms with Crippen LogP contribution in [0.1, 0.15) is 31.2 Å². The third-order valence-corrected chi connectivity index (χ3v) is 4.14. The molecule has 0 radical (unpaired) electrons. The first-order chi connectivity index (χ1) is 9.60. The number of nitrogens with zero attached hydrogens (tertiary/aromatic N) is 1. The van der Waals surface area contributed by atoms with Crippen LogP contribution in [0.5, 0.6) is 0 Å². The van der Waals surface area contributed by atoms with E-state index >= 15 is 0 Å². The Morgan fingerprint density at radius 3 is 2.24 bits per heavy atom. The molecule has 4 atom stereocenters. The van der Waals surface area contributed by atoms with E-state index in [1.165, 1.54) is 18.2 Å². The standard InChI is InChI=1S/C15H19F2N3.HI/c1-8-6-12(8)19-15(18-2)20-13-7-9(13)14-10(16)4-3-5-11(14)17;/h3-5,8-9,12-13H,6-7H2,1-2H3,(H2,18,19,20);1H. The van der Waals surface area contributed by atoms with Crippen LogP contribution in [0.15, 0.2) is 23.2 Å². The van der Waals surface area contributed by atoms with Crippen LogP contribution in [0, 0.1) is 17.6 Å². The lowest BCUT2D eigenvalue weighted by molar-refractivity contribution is 0.553. The summed E-state index contributed by atoms with van der Waals surface area (Å²) in [6, 6.07) is 4.55. The topological polar surface area (TPSA) is 36.4 Å². The van der Waals surface area contributed by atoms with Gasteiger partial charge in [0.25, 0.3) is 0 Å². The monoisotopic (exact) mass is 407 g/mol. The quantitative estimate of drug-likeness (QED) is 0.459. The third kappa shape index (κ3) is 3.64. The van der Waals surface area contributed by atoms with Crippen LogP contribution in [0.4, 0.5) is 8.78 Å². The summed E-state index contributed by atoms with van der Waals surface area (Å²) in [5.41, 5.74) is 0.195. The van der Waals surface area contributed by atoms with E-state index in [1.54, 1.807) is 7.05 Å². The summed E-state index contributed by atoms with van der Waals surface area (Å²) >= 11 is 0. The second kappa shape index (κ2) is 6.46. The van der Waals surface area contributed by atoms with Gasteiger partial charge < -0.3 is 10.6 Å². The molecule has 2 aliphatic rings. The molecular weight excluding hydrogens is 387 g/mol. The average molecular weight is 407 g/mol. The molecule has 2 fully saturated rings. The maximum atomic E-state index is 13.7. The minimum atomic E-state index is -0.460. The van der Waals surface area contributed by atoms with Crippen molar-refractivity contribution in [2.45, 2.75) is 37.8 Å². The number of halogens is 3. The van der Waals surface area contributed by atoms with Crippen LogP contribution < -0.4 is 10.6 Å². The fourth-order valence-corrected chi connectivity index (χ4v) is 2.58. The SMILES string of the molecule is CN=C(NC1CC1C)NC1CC1c1c(F)cccc1F.I. The summed E-state index contributed by atoms with van der Waals surface area (Å²) in [4.78, 5) is 4.16. The van der Waals surface area contributed by atoms with E-state index in [0.29, 0.717) is 12.0 Å². The summed E-state index contributed by atoms with van der Waals surface area (Å²) in [5, 5.41) is 6.56. The van der Waals surface area contributed by atoms with E-state index < -0.39 is 11.6 Å². The molecule has 4 unspecified atom stereocenters. The zero-order valence-corrected chi connectivity index (χ0v) is 14.4. The molecule has 0 bridgehead atoms. The molecule has 0 aromatic heterocycles. The molecule has 6 heteroatoms. The van der Waals surface area contributed by atoms with E-state index in [2.05, 4.69) is 22.5 Å². The Morgan fingerprint density at radius 1 is 1.14 bits per heavy atom. The molecule has 1 aromatic carbocycles. The van der Waals surface area contributed by atoms with Gasteiger partial charge >= 0.3 is 0 Å². The molecule has 0 aliphatic heterocycles. The van der Waals surface area contributed by atoms with Crippen molar-refractivity contribution in [2.24, 2.45) is 10.9 Å². The van der Waals surface area contributed by atoms with Crippen molar-refractivity contribution in [3.63, 3.8) is 0 Å². The fourth-order valence-electron chi connectivity index (χ4n) is 2.58. The number of hydrogen-bond donors (Lipinski definition) is 2. The van der Waals surface area contributed by atoms with Crippen LogP contribution in [-0.2, 0) is 0 Å². The van der Waals surface area contributed by atoms with Crippen molar-refractivity contribution in [2.75, 3.05) is 7.05 Å². The van der Waals surface area contributed by atoms with E-state index in [9.17, 15) is 8.78 Å². The van der Waals surface area contributed by atoms with Crippen LogP contribution in [0.3, 0.4) is 0 Å². The summed E-state index contributed by atoms with van der Waals surface area (Å²) in [6.45, 7) is 2.18. The fraction of sp³-hybridized carbons (Fsp3) is 0.533. The maximum absolute atomic E-state index is 13.7. The molecule has 0 spiro atoms. The Kier molecular flexibility index (Phi) is 5.06. The van der Waals surface area contributed by atoms with Crippen LogP contribution in [-0.4, -0.2) is 25.1 Å². The van der Waals surface area contributed by atoms with Gasteiger partial charge in [-0.05, 0) is 30.9 Å².